The van der Waals surface area contributed by atoms with E-state index in [0.29, 0.717) is 17.2 Å². The predicted molar refractivity (Wildman–Crippen MR) is 132 cm³/mol. The number of esters is 2. The summed E-state index contributed by atoms with van der Waals surface area (Å²) in [6, 6.07) is 25.3. The van der Waals surface area contributed by atoms with Crippen LogP contribution in [-0.2, 0) is 14.3 Å². The Morgan fingerprint density at radius 2 is 1.05 bits per heavy atom. The molecule has 0 bridgehead atoms. The third-order valence-corrected chi connectivity index (χ3v) is 4.70. The lowest BCUT2D eigenvalue weighted by Crippen LogP contribution is -2.39. The molecule has 37 heavy (non-hydrogen) atoms. The van der Waals surface area contributed by atoms with E-state index in [-0.39, 0.29) is 19.4 Å². The van der Waals surface area contributed by atoms with Gasteiger partial charge in [-0.3, -0.25) is 9.59 Å². The maximum Gasteiger partial charge on any atom is 0.413 e. The number of hydrogen-bond acceptors (Lipinski definition) is 8. The number of amides is 2. The van der Waals surface area contributed by atoms with Crippen LogP contribution < -0.4 is 24.8 Å². The van der Waals surface area contributed by atoms with E-state index in [1.54, 1.807) is 91.0 Å². The second-order valence-corrected chi connectivity index (χ2v) is 7.58. The van der Waals surface area contributed by atoms with Crippen LogP contribution in [-0.4, -0.2) is 43.3 Å². The predicted octanol–water partition coefficient (Wildman–Crippen LogP) is 3.86. The van der Waals surface area contributed by atoms with Crippen molar-refractivity contribution < 1.29 is 38.1 Å². The Kier molecular flexibility index (Phi) is 10.5. The van der Waals surface area contributed by atoms with Crippen LogP contribution in [0.1, 0.15) is 12.8 Å². The number of nitrogens with one attached hydrogen (secondary N) is 2. The molecule has 3 rings (SSSR count). The second-order valence-electron chi connectivity index (χ2n) is 7.58. The van der Waals surface area contributed by atoms with Gasteiger partial charge in [0.1, 0.15) is 29.9 Å². The van der Waals surface area contributed by atoms with Gasteiger partial charge >= 0.3 is 24.1 Å². The van der Waals surface area contributed by atoms with Crippen molar-refractivity contribution in [1.29, 1.82) is 0 Å². The first-order chi connectivity index (χ1) is 18.0. The quantitative estimate of drug-likeness (QED) is 0.296. The Hall–Kier alpha value is -4.86. The molecule has 0 aliphatic rings. The average Bonchev–Trinajstić information content (AvgIpc) is 2.91. The molecule has 0 aliphatic heterocycles. The highest BCUT2D eigenvalue weighted by Crippen LogP contribution is 2.12. The lowest BCUT2D eigenvalue weighted by molar-refractivity contribution is -0.149. The van der Waals surface area contributed by atoms with Crippen molar-refractivity contribution in [3.8, 4) is 17.2 Å². The van der Waals surface area contributed by atoms with Crippen LogP contribution >= 0.6 is 0 Å². The van der Waals surface area contributed by atoms with Gasteiger partial charge in [0.05, 0.1) is 6.54 Å². The first-order valence-electron chi connectivity index (χ1n) is 11.4. The summed E-state index contributed by atoms with van der Waals surface area (Å²) in [5.41, 5.74) is 0. The zero-order chi connectivity index (χ0) is 26.3. The zero-order valence-corrected chi connectivity index (χ0v) is 19.8. The van der Waals surface area contributed by atoms with Crippen LogP contribution in [0.4, 0.5) is 9.59 Å². The topological polar surface area (TPSA) is 129 Å². The molecule has 3 aromatic rings. The number of carbonyl (C=O) groups excluding carboxylic acids is 4. The lowest BCUT2D eigenvalue weighted by Gasteiger charge is -2.18. The smallest absolute Gasteiger partial charge is 0.413 e. The number of carbonyl (C=O) groups is 4. The summed E-state index contributed by atoms with van der Waals surface area (Å²) in [5.74, 6) is -0.300. The molecule has 10 heteroatoms. The summed E-state index contributed by atoms with van der Waals surface area (Å²) in [7, 11) is 0. The van der Waals surface area contributed by atoms with E-state index in [0.717, 1.165) is 0 Å². The standard InChI is InChI=1S/C27H26N2O8/c30-24(34-20-10-4-1-5-11-20)17-16-23(18-28-26(32)36-21-12-6-2-7-13-21)35-25(31)19-29-27(33)37-22-14-8-3-9-15-22/h1-15,23H,16-19H2,(H,28,32)(H,29,33). The Balaban J connectivity index is 1.49. The largest absolute Gasteiger partial charge is 0.459 e. The number of para-hydroxylation sites is 3. The highest BCUT2D eigenvalue weighted by molar-refractivity contribution is 5.79. The molecule has 0 spiro atoms. The summed E-state index contributed by atoms with van der Waals surface area (Å²) in [4.78, 5) is 48.6. The van der Waals surface area contributed by atoms with Crippen LogP contribution in [0.15, 0.2) is 91.0 Å². The molecule has 1 unspecified atom stereocenters. The van der Waals surface area contributed by atoms with Crippen LogP contribution in [0.25, 0.3) is 0 Å². The fraction of sp³-hybridized carbons (Fsp3) is 0.185. The van der Waals surface area contributed by atoms with Crippen molar-refractivity contribution in [2.45, 2.75) is 18.9 Å². The maximum atomic E-state index is 12.3. The summed E-state index contributed by atoms with van der Waals surface area (Å²) in [6.07, 6.45) is -2.53. The molecule has 0 aromatic heterocycles. The third-order valence-electron chi connectivity index (χ3n) is 4.70. The van der Waals surface area contributed by atoms with E-state index in [2.05, 4.69) is 10.6 Å². The van der Waals surface area contributed by atoms with E-state index in [1.807, 2.05) is 0 Å². The van der Waals surface area contributed by atoms with Crippen LogP contribution in [0.5, 0.6) is 17.2 Å². The minimum Gasteiger partial charge on any atom is -0.459 e. The second kappa shape index (κ2) is 14.5. The molecule has 0 saturated carbocycles. The fourth-order valence-corrected chi connectivity index (χ4v) is 2.98. The Labute approximate surface area is 213 Å². The van der Waals surface area contributed by atoms with Gasteiger partial charge in [-0.05, 0) is 42.8 Å². The number of rotatable bonds is 11. The minimum atomic E-state index is -0.897. The van der Waals surface area contributed by atoms with Gasteiger partial charge < -0.3 is 29.6 Å². The summed E-state index contributed by atoms with van der Waals surface area (Å²) in [5, 5.41) is 4.80. The van der Waals surface area contributed by atoms with Crippen LogP contribution in [0.2, 0.25) is 0 Å². The normalized spacial score (nSPS) is 10.9. The molecule has 0 radical (unpaired) electrons. The van der Waals surface area contributed by atoms with Gasteiger partial charge in [-0.1, -0.05) is 54.6 Å². The van der Waals surface area contributed by atoms with Gasteiger partial charge in [0.2, 0.25) is 0 Å². The molecule has 192 valence electrons. The van der Waals surface area contributed by atoms with Crippen molar-refractivity contribution in [2.24, 2.45) is 0 Å². The van der Waals surface area contributed by atoms with E-state index in [4.69, 9.17) is 18.9 Å². The molecular weight excluding hydrogens is 480 g/mol. The van der Waals surface area contributed by atoms with Gasteiger partial charge in [-0.15, -0.1) is 0 Å². The molecule has 0 saturated heterocycles. The highest BCUT2D eigenvalue weighted by atomic mass is 16.6. The summed E-state index contributed by atoms with van der Waals surface area (Å²) in [6.45, 7) is -0.615. The molecule has 10 nitrogen and oxygen atoms in total. The zero-order valence-electron chi connectivity index (χ0n) is 19.8. The van der Waals surface area contributed by atoms with Crippen molar-refractivity contribution >= 4 is 24.1 Å². The van der Waals surface area contributed by atoms with Gasteiger partial charge in [0, 0.05) is 6.42 Å². The van der Waals surface area contributed by atoms with Gasteiger partial charge in [0.15, 0.2) is 0 Å². The van der Waals surface area contributed by atoms with E-state index >= 15 is 0 Å². The molecule has 0 aliphatic carbocycles. The van der Waals surface area contributed by atoms with Crippen molar-refractivity contribution in [2.75, 3.05) is 13.1 Å². The van der Waals surface area contributed by atoms with E-state index in [9.17, 15) is 19.2 Å². The lowest BCUT2D eigenvalue weighted by atomic mass is 10.2. The Bertz CT molecular complexity index is 1100. The van der Waals surface area contributed by atoms with Gasteiger partial charge in [-0.2, -0.15) is 0 Å². The first-order valence-corrected chi connectivity index (χ1v) is 11.4. The van der Waals surface area contributed by atoms with Crippen molar-refractivity contribution in [1.82, 2.24) is 10.6 Å². The molecule has 0 fully saturated rings. The molecule has 2 amide bonds. The van der Waals surface area contributed by atoms with E-state index < -0.39 is 36.8 Å². The van der Waals surface area contributed by atoms with E-state index in [1.165, 1.54) is 0 Å². The van der Waals surface area contributed by atoms with Crippen LogP contribution in [0.3, 0.4) is 0 Å². The third kappa shape index (κ3) is 10.5. The van der Waals surface area contributed by atoms with Gasteiger partial charge in [0.25, 0.3) is 0 Å². The maximum absolute atomic E-state index is 12.3. The summed E-state index contributed by atoms with van der Waals surface area (Å²) >= 11 is 0. The highest BCUT2D eigenvalue weighted by Gasteiger charge is 2.19. The first kappa shape index (κ1) is 26.7. The van der Waals surface area contributed by atoms with Gasteiger partial charge in [-0.25, -0.2) is 9.59 Å². The monoisotopic (exact) mass is 506 g/mol. The fourth-order valence-electron chi connectivity index (χ4n) is 2.98. The molecular formula is C27H26N2O8. The number of ether oxygens (including phenoxy) is 4. The number of hydrogen-bond donors (Lipinski definition) is 2. The molecule has 0 heterocycles. The molecule has 3 aromatic carbocycles. The SMILES string of the molecule is O=C(CCC(CNC(=O)Oc1ccccc1)OC(=O)CNC(=O)Oc1ccccc1)Oc1ccccc1. The Morgan fingerprint density at radius 1 is 0.595 bits per heavy atom. The Morgan fingerprint density at radius 3 is 1.57 bits per heavy atom. The summed E-state index contributed by atoms with van der Waals surface area (Å²) < 4.78 is 20.8. The van der Waals surface area contributed by atoms with Crippen molar-refractivity contribution in [3.05, 3.63) is 91.0 Å². The average molecular weight is 507 g/mol. The number of benzene rings is 3. The minimum absolute atomic E-state index is 0.0531. The molecule has 2 N–H and O–H groups in total. The molecule has 1 atom stereocenters. The van der Waals surface area contributed by atoms with Crippen molar-refractivity contribution in [3.63, 3.8) is 0 Å². The van der Waals surface area contributed by atoms with Crippen LogP contribution in [0, 0.1) is 0 Å².